The van der Waals surface area contributed by atoms with E-state index in [1.165, 1.54) is 0 Å². The van der Waals surface area contributed by atoms with E-state index in [1.807, 2.05) is 51.1 Å². The normalized spacial score (nSPS) is 18.4. The lowest BCUT2D eigenvalue weighted by molar-refractivity contribution is -0.176. The first kappa shape index (κ1) is 15.1. The van der Waals surface area contributed by atoms with Crippen LogP contribution >= 0.6 is 0 Å². The predicted molar refractivity (Wildman–Crippen MR) is 78.3 cm³/mol. The molecule has 2 rings (SSSR count). The Morgan fingerprint density at radius 2 is 1.85 bits per heavy atom. The molecule has 1 atom stereocenters. The molecule has 106 valence electrons. The molecule has 0 heterocycles. The standard InChI is InChI=1S/C16H21BO3/c1-15(2,3)20-14(18)16(17,13-9-10-13)19-11-12-7-5-4-6-8-12/h4-8,13H,9-11H2,1-3H3. The Bertz CT molecular complexity index is 462. The molecule has 1 aromatic rings. The van der Waals surface area contributed by atoms with Crippen molar-refractivity contribution in [2.75, 3.05) is 0 Å². The molecule has 3 nitrogen and oxygen atoms in total. The van der Waals surface area contributed by atoms with Gasteiger partial charge in [0.2, 0.25) is 0 Å². The molecule has 1 fully saturated rings. The monoisotopic (exact) mass is 272 g/mol. The van der Waals surface area contributed by atoms with Crippen molar-refractivity contribution in [1.82, 2.24) is 0 Å². The Balaban J connectivity index is 2.04. The molecule has 0 bridgehead atoms. The molecule has 0 aliphatic heterocycles. The number of esters is 1. The number of benzene rings is 1. The van der Waals surface area contributed by atoms with Crippen molar-refractivity contribution in [1.29, 1.82) is 0 Å². The largest absolute Gasteiger partial charge is 0.458 e. The van der Waals surface area contributed by atoms with Crippen molar-refractivity contribution in [2.45, 2.75) is 51.3 Å². The average Bonchev–Trinajstić information content (AvgIpc) is 3.19. The summed E-state index contributed by atoms with van der Waals surface area (Å²) in [5.74, 6) is -0.413. The Kier molecular flexibility index (Phi) is 4.23. The van der Waals surface area contributed by atoms with Crippen molar-refractivity contribution in [3.63, 3.8) is 0 Å². The quantitative estimate of drug-likeness (QED) is 0.610. The van der Waals surface area contributed by atoms with E-state index in [1.54, 1.807) is 0 Å². The molecular weight excluding hydrogens is 251 g/mol. The van der Waals surface area contributed by atoms with Crippen LogP contribution in [-0.2, 0) is 20.9 Å². The van der Waals surface area contributed by atoms with Crippen LogP contribution in [0.5, 0.6) is 0 Å². The summed E-state index contributed by atoms with van der Waals surface area (Å²) in [6.45, 7) is 5.80. The second kappa shape index (κ2) is 5.61. The summed E-state index contributed by atoms with van der Waals surface area (Å²) >= 11 is 0. The Labute approximate surface area is 122 Å². The van der Waals surface area contributed by atoms with Crippen LogP contribution < -0.4 is 0 Å². The van der Waals surface area contributed by atoms with Crippen molar-refractivity contribution in [3.8, 4) is 0 Å². The second-order valence-corrected chi connectivity index (χ2v) is 6.34. The zero-order valence-corrected chi connectivity index (χ0v) is 12.4. The fraction of sp³-hybridized carbons (Fsp3) is 0.562. The first-order chi connectivity index (χ1) is 9.31. The minimum absolute atomic E-state index is 0.0565. The SMILES string of the molecule is [B]C(OCc1ccccc1)(C(=O)OC(C)(C)C)C1CC1. The lowest BCUT2D eigenvalue weighted by Crippen LogP contribution is -2.48. The molecule has 20 heavy (non-hydrogen) atoms. The van der Waals surface area contributed by atoms with Crippen molar-refractivity contribution in [3.05, 3.63) is 35.9 Å². The summed E-state index contributed by atoms with van der Waals surface area (Å²) in [6, 6.07) is 9.70. The highest BCUT2D eigenvalue weighted by atomic mass is 16.6. The second-order valence-electron chi connectivity index (χ2n) is 6.34. The van der Waals surface area contributed by atoms with Gasteiger partial charge in [-0.1, -0.05) is 30.3 Å². The molecule has 4 heteroatoms. The topological polar surface area (TPSA) is 35.5 Å². The van der Waals surface area contributed by atoms with Crippen molar-refractivity contribution < 1.29 is 14.3 Å². The molecule has 0 saturated heterocycles. The van der Waals surface area contributed by atoms with Crippen LogP contribution in [0.15, 0.2) is 30.3 Å². The van der Waals surface area contributed by atoms with Crippen LogP contribution in [0.1, 0.15) is 39.2 Å². The molecule has 1 aromatic carbocycles. The lowest BCUT2D eigenvalue weighted by atomic mass is 9.76. The van der Waals surface area contributed by atoms with Crippen LogP contribution in [-0.4, -0.2) is 24.9 Å². The van der Waals surface area contributed by atoms with Gasteiger partial charge >= 0.3 is 5.97 Å². The van der Waals surface area contributed by atoms with E-state index in [2.05, 4.69) is 0 Å². The van der Waals surface area contributed by atoms with Crippen LogP contribution in [0.2, 0.25) is 0 Å². The van der Waals surface area contributed by atoms with Gasteiger partial charge in [0.25, 0.3) is 0 Å². The zero-order valence-electron chi connectivity index (χ0n) is 12.4. The third-order valence-corrected chi connectivity index (χ3v) is 3.22. The molecule has 0 aromatic heterocycles. The molecular formula is C16H21BO3. The number of carbonyl (C=O) groups is 1. The fourth-order valence-corrected chi connectivity index (χ4v) is 1.99. The highest BCUT2D eigenvalue weighted by Gasteiger charge is 2.49. The van der Waals surface area contributed by atoms with E-state index in [0.29, 0.717) is 6.61 Å². The maximum Gasteiger partial charge on any atom is 0.329 e. The summed E-state index contributed by atoms with van der Waals surface area (Å²) in [5.41, 5.74) is -0.901. The third kappa shape index (κ3) is 3.86. The van der Waals surface area contributed by atoms with Crippen LogP contribution in [0.4, 0.5) is 0 Å². The van der Waals surface area contributed by atoms with Gasteiger partial charge in [0.05, 0.1) is 6.61 Å². The molecule has 1 saturated carbocycles. The predicted octanol–water partition coefficient (Wildman–Crippen LogP) is 2.82. The van der Waals surface area contributed by atoms with E-state index in [4.69, 9.17) is 17.3 Å². The first-order valence-electron chi connectivity index (χ1n) is 7.01. The fourth-order valence-electron chi connectivity index (χ4n) is 1.99. The van der Waals surface area contributed by atoms with E-state index in [-0.39, 0.29) is 5.92 Å². The first-order valence-corrected chi connectivity index (χ1v) is 7.01. The molecule has 1 unspecified atom stereocenters. The van der Waals surface area contributed by atoms with E-state index < -0.39 is 17.1 Å². The molecule has 0 spiro atoms. The molecule has 1 aliphatic rings. The van der Waals surface area contributed by atoms with Gasteiger partial charge in [0.1, 0.15) is 18.9 Å². The maximum absolute atomic E-state index is 12.3. The van der Waals surface area contributed by atoms with Gasteiger partial charge < -0.3 is 9.47 Å². The zero-order chi connectivity index (χ0) is 14.8. The Morgan fingerprint density at radius 1 is 1.25 bits per heavy atom. The molecule has 0 N–H and O–H groups in total. The summed E-state index contributed by atoms with van der Waals surface area (Å²) < 4.78 is 11.2. The van der Waals surface area contributed by atoms with Crippen molar-refractivity contribution in [2.24, 2.45) is 5.92 Å². The van der Waals surface area contributed by atoms with Crippen LogP contribution in [0.25, 0.3) is 0 Å². The highest BCUT2D eigenvalue weighted by molar-refractivity contribution is 6.26. The van der Waals surface area contributed by atoms with Gasteiger partial charge in [0, 0.05) is 0 Å². The minimum Gasteiger partial charge on any atom is -0.458 e. The van der Waals surface area contributed by atoms with Gasteiger partial charge in [-0.15, -0.1) is 0 Å². The van der Waals surface area contributed by atoms with Crippen molar-refractivity contribution >= 4 is 13.8 Å². The Morgan fingerprint density at radius 3 is 2.35 bits per heavy atom. The number of rotatable bonds is 5. The van der Waals surface area contributed by atoms with E-state index in [9.17, 15) is 4.79 Å². The van der Waals surface area contributed by atoms with Gasteiger partial charge in [-0.3, -0.25) is 0 Å². The minimum atomic E-state index is -1.33. The van der Waals surface area contributed by atoms with Gasteiger partial charge in [-0.05, 0) is 45.1 Å². The summed E-state index contributed by atoms with van der Waals surface area (Å²) in [6.07, 6.45) is 1.81. The summed E-state index contributed by atoms with van der Waals surface area (Å²) in [5, 5.41) is 0. The summed E-state index contributed by atoms with van der Waals surface area (Å²) in [4.78, 5) is 12.3. The Hall–Kier alpha value is -1.29. The third-order valence-electron chi connectivity index (χ3n) is 3.22. The number of ether oxygens (including phenoxy) is 2. The molecule has 1 aliphatic carbocycles. The number of hydrogen-bond acceptors (Lipinski definition) is 3. The van der Waals surface area contributed by atoms with Gasteiger partial charge in [-0.25, -0.2) is 4.79 Å². The molecule has 0 amide bonds. The van der Waals surface area contributed by atoms with Gasteiger partial charge in [0.15, 0.2) is 0 Å². The maximum atomic E-state index is 12.3. The average molecular weight is 272 g/mol. The van der Waals surface area contributed by atoms with E-state index in [0.717, 1.165) is 18.4 Å². The van der Waals surface area contributed by atoms with Gasteiger partial charge in [-0.2, -0.15) is 0 Å². The molecule has 2 radical (unpaired) electrons. The lowest BCUT2D eigenvalue weighted by Gasteiger charge is -2.32. The van der Waals surface area contributed by atoms with E-state index >= 15 is 0 Å². The van der Waals surface area contributed by atoms with Crippen LogP contribution in [0, 0.1) is 5.92 Å². The highest BCUT2D eigenvalue weighted by Crippen LogP contribution is 2.42. The van der Waals surface area contributed by atoms with Crippen LogP contribution in [0.3, 0.4) is 0 Å². The number of carbonyl (C=O) groups excluding carboxylic acids is 1. The summed E-state index contributed by atoms with van der Waals surface area (Å²) in [7, 11) is 6.21. The smallest absolute Gasteiger partial charge is 0.329 e. The number of hydrogen-bond donors (Lipinski definition) is 0.